The maximum atomic E-state index is 5.00. The van der Waals surface area contributed by atoms with E-state index in [2.05, 4.69) is 42.6 Å². The summed E-state index contributed by atoms with van der Waals surface area (Å²) in [6.07, 6.45) is 16.3. The molecule has 0 fully saturated rings. The zero-order valence-corrected chi connectivity index (χ0v) is 23.2. The molecule has 5 aromatic rings. The summed E-state index contributed by atoms with van der Waals surface area (Å²) in [5, 5.41) is 0. The topological polar surface area (TPSA) is 71.6 Å². The SMILES string of the molecule is Cn1cc[n+](C)c1-c1c2nc(cc3ccc([n-]3)c(-c3n(C)cc[n+]3C)c3nc(cc4ccc1[n-]4)C=C3)C=C2.[Mn+3]. The molecule has 0 N–H and O–H groups in total. The van der Waals surface area contributed by atoms with Crippen molar-refractivity contribution >= 4 is 46.4 Å². The molecular weight excluding hydrogens is 527 g/mol. The van der Waals surface area contributed by atoms with Gasteiger partial charge in [-0.2, -0.15) is 0 Å². The molecule has 8 bridgehead atoms. The Kier molecular flexibility index (Phi) is 5.98. The molecule has 8 nitrogen and oxygen atoms in total. The van der Waals surface area contributed by atoms with Crippen LogP contribution in [0.2, 0.25) is 0 Å². The molecule has 5 aromatic heterocycles. The first kappa shape index (κ1) is 24.9. The molecule has 0 unspecified atom stereocenters. The van der Waals surface area contributed by atoms with E-state index in [-0.39, 0.29) is 17.1 Å². The second kappa shape index (κ2) is 9.38. The van der Waals surface area contributed by atoms with Gasteiger partial charge in [-0.05, 0) is 24.3 Å². The fraction of sp³-hybridized carbons (Fsp3) is 0.133. The minimum atomic E-state index is 0. The Morgan fingerprint density at radius 2 is 1.08 bits per heavy atom. The number of nitrogens with zero attached hydrogens (tertiary/aromatic N) is 8. The van der Waals surface area contributed by atoms with E-state index in [1.165, 1.54) is 0 Å². The quantitative estimate of drug-likeness (QED) is 0.243. The van der Waals surface area contributed by atoms with Gasteiger partial charge in [-0.3, -0.25) is 0 Å². The Morgan fingerprint density at radius 3 is 1.46 bits per heavy atom. The van der Waals surface area contributed by atoms with E-state index in [1.807, 2.05) is 89.4 Å². The molecule has 2 aliphatic rings. The van der Waals surface area contributed by atoms with Gasteiger partial charge in [-0.15, -0.1) is 22.1 Å². The van der Waals surface area contributed by atoms with Crippen molar-refractivity contribution in [3.8, 4) is 22.8 Å². The Morgan fingerprint density at radius 1 is 0.641 bits per heavy atom. The molecule has 190 valence electrons. The molecule has 0 saturated heterocycles. The van der Waals surface area contributed by atoms with E-state index in [9.17, 15) is 0 Å². The summed E-state index contributed by atoms with van der Waals surface area (Å²) >= 11 is 0. The second-order valence-corrected chi connectivity index (χ2v) is 9.75. The second-order valence-electron chi connectivity index (χ2n) is 9.75. The summed E-state index contributed by atoms with van der Waals surface area (Å²) in [4.78, 5) is 20.0. The molecule has 0 radical (unpaired) electrons. The maximum Gasteiger partial charge on any atom is 3.00 e. The summed E-state index contributed by atoms with van der Waals surface area (Å²) < 4.78 is 8.39. The zero-order chi connectivity index (χ0) is 26.0. The molecular formula is C30H26MnN8+3. The van der Waals surface area contributed by atoms with Crippen LogP contribution in [0.5, 0.6) is 0 Å². The number of imidazole rings is 2. The Bertz CT molecular complexity index is 1800. The molecule has 0 amide bonds. The molecule has 7 rings (SSSR count). The summed E-state index contributed by atoms with van der Waals surface area (Å²) in [6, 6.07) is 12.2. The van der Waals surface area contributed by atoms with Crippen molar-refractivity contribution in [1.82, 2.24) is 29.1 Å². The first-order valence-electron chi connectivity index (χ1n) is 12.5. The van der Waals surface area contributed by atoms with Gasteiger partial charge in [0.1, 0.15) is 24.8 Å². The van der Waals surface area contributed by atoms with Crippen LogP contribution in [0.3, 0.4) is 0 Å². The normalized spacial score (nSPS) is 12.2. The summed E-state index contributed by atoms with van der Waals surface area (Å²) in [6.45, 7) is 0. The third-order valence-corrected chi connectivity index (χ3v) is 7.07. The van der Waals surface area contributed by atoms with Crippen LogP contribution in [0.1, 0.15) is 22.8 Å². The fourth-order valence-corrected chi connectivity index (χ4v) is 5.30. The number of hydrogen-bond donors (Lipinski definition) is 0. The van der Waals surface area contributed by atoms with Gasteiger partial charge in [0.05, 0.1) is 62.1 Å². The Balaban J connectivity index is 0.00000277. The van der Waals surface area contributed by atoms with E-state index in [0.29, 0.717) is 0 Å². The first-order valence-corrected chi connectivity index (χ1v) is 12.5. The van der Waals surface area contributed by atoms with E-state index in [0.717, 1.165) is 67.6 Å². The van der Waals surface area contributed by atoms with Gasteiger partial charge in [0.15, 0.2) is 0 Å². The van der Waals surface area contributed by atoms with Gasteiger partial charge in [0.25, 0.3) is 11.6 Å². The van der Waals surface area contributed by atoms with Crippen LogP contribution in [0.15, 0.2) is 61.2 Å². The number of hydrogen-bond acceptors (Lipinski definition) is 2. The number of aromatic nitrogens is 8. The molecule has 0 spiro atoms. The van der Waals surface area contributed by atoms with E-state index >= 15 is 0 Å². The predicted molar refractivity (Wildman–Crippen MR) is 148 cm³/mol. The van der Waals surface area contributed by atoms with Crippen molar-refractivity contribution in [2.45, 2.75) is 0 Å². The minimum absolute atomic E-state index is 0. The van der Waals surface area contributed by atoms with Crippen molar-refractivity contribution < 1.29 is 26.2 Å². The van der Waals surface area contributed by atoms with Gasteiger partial charge in [-0.25, -0.2) is 28.2 Å². The van der Waals surface area contributed by atoms with Crippen LogP contribution in [-0.4, -0.2) is 19.1 Å². The fourth-order valence-electron chi connectivity index (χ4n) is 5.30. The molecule has 0 saturated carbocycles. The number of rotatable bonds is 2. The third-order valence-electron chi connectivity index (χ3n) is 7.07. The largest absolute Gasteiger partial charge is 3.00 e. The van der Waals surface area contributed by atoms with Crippen molar-refractivity contribution in [3.05, 3.63) is 84.0 Å². The van der Waals surface area contributed by atoms with Crippen molar-refractivity contribution in [2.75, 3.05) is 0 Å². The summed E-state index contributed by atoms with van der Waals surface area (Å²) in [5.41, 5.74) is 8.84. The van der Waals surface area contributed by atoms with Gasteiger partial charge >= 0.3 is 17.1 Å². The van der Waals surface area contributed by atoms with Crippen LogP contribution < -0.4 is 19.1 Å². The molecule has 0 aliphatic carbocycles. The first-order chi connectivity index (χ1) is 18.4. The predicted octanol–water partition coefficient (Wildman–Crippen LogP) is 3.57. The molecule has 0 atom stereocenters. The van der Waals surface area contributed by atoms with E-state index in [1.54, 1.807) is 0 Å². The summed E-state index contributed by atoms with van der Waals surface area (Å²) in [5.74, 6) is 2.05. The van der Waals surface area contributed by atoms with Crippen LogP contribution >= 0.6 is 0 Å². The summed E-state index contributed by atoms with van der Waals surface area (Å²) in [7, 11) is 8.16. The monoisotopic (exact) mass is 553 g/mol. The van der Waals surface area contributed by atoms with Gasteiger partial charge < -0.3 is 9.97 Å². The molecule has 0 aromatic carbocycles. The van der Waals surface area contributed by atoms with E-state index < -0.39 is 0 Å². The van der Waals surface area contributed by atoms with Crippen LogP contribution in [-0.2, 0) is 45.3 Å². The average molecular weight is 554 g/mol. The van der Waals surface area contributed by atoms with Gasteiger partial charge in [-0.1, -0.05) is 36.4 Å². The van der Waals surface area contributed by atoms with Crippen molar-refractivity contribution in [3.63, 3.8) is 0 Å². The Labute approximate surface area is 236 Å². The molecule has 7 heterocycles. The maximum absolute atomic E-state index is 5.00. The number of fused-ring (bicyclic) bond motifs is 8. The zero-order valence-electron chi connectivity index (χ0n) is 22.0. The Hall–Kier alpha value is -4.46. The van der Waals surface area contributed by atoms with Crippen LogP contribution in [0.25, 0.3) is 69.1 Å². The van der Waals surface area contributed by atoms with E-state index in [4.69, 9.17) is 19.9 Å². The number of aryl methyl sites for hydroxylation is 4. The van der Waals surface area contributed by atoms with Gasteiger partial charge in [0.2, 0.25) is 0 Å². The molecule has 9 heteroatoms. The van der Waals surface area contributed by atoms with Crippen LogP contribution in [0.4, 0.5) is 0 Å². The average Bonchev–Trinajstić information content (AvgIpc) is 3.73. The standard InChI is InChI=1S/C30H26N8.Mn/c1-35-13-14-36(2)29(35)27-23-9-5-19(31-23)17-21-7-11-25(33-21)28(30-37(3)15-16-38(30)4)26-12-8-22(34-26)18-20-6-10-24(27)32-20;/h5-18H,1-4H3;/q;+3. The molecule has 39 heavy (non-hydrogen) atoms. The van der Waals surface area contributed by atoms with Gasteiger partial charge in [0, 0.05) is 0 Å². The minimum Gasteiger partial charge on any atom is -0.657 e. The third kappa shape index (κ3) is 4.16. The van der Waals surface area contributed by atoms with Crippen molar-refractivity contribution in [2.24, 2.45) is 28.2 Å². The smallest absolute Gasteiger partial charge is 0.657 e. The van der Waals surface area contributed by atoms with Crippen LogP contribution in [0, 0.1) is 0 Å². The molecule has 2 aliphatic heterocycles. The van der Waals surface area contributed by atoms with Crippen molar-refractivity contribution in [1.29, 1.82) is 0 Å².